The lowest BCUT2D eigenvalue weighted by Crippen LogP contribution is -2.15. The first kappa shape index (κ1) is 14.5. The van der Waals surface area contributed by atoms with Crippen LogP contribution in [0, 0.1) is 0 Å². The molecular weight excluding hydrogens is 240 g/mol. The second kappa shape index (κ2) is 8.27. The predicted molar refractivity (Wildman–Crippen MR) is 74.8 cm³/mol. The summed E-state index contributed by atoms with van der Waals surface area (Å²) in [5.41, 5.74) is 1.02. The Morgan fingerprint density at radius 1 is 1.32 bits per heavy atom. The van der Waals surface area contributed by atoms with Gasteiger partial charge in [0.1, 0.15) is 0 Å². The number of ether oxygens (including phenoxy) is 1. The minimum Gasteiger partial charge on any atom is -0.380 e. The molecule has 1 aromatic heterocycles. The maximum absolute atomic E-state index is 5.60. The average Bonchev–Trinajstić information content (AvgIpc) is 3.15. The second-order valence-electron chi connectivity index (χ2n) is 5.30. The van der Waals surface area contributed by atoms with Crippen molar-refractivity contribution < 1.29 is 4.74 Å². The zero-order valence-electron chi connectivity index (χ0n) is 12.0. The first-order valence-electron chi connectivity index (χ1n) is 7.58. The molecular formula is C14H26N4O. The molecule has 0 atom stereocenters. The maximum atomic E-state index is 5.60. The van der Waals surface area contributed by atoms with Crippen LogP contribution in [0.2, 0.25) is 0 Å². The van der Waals surface area contributed by atoms with Crippen molar-refractivity contribution in [2.75, 3.05) is 13.2 Å². The number of rotatable bonds is 11. The van der Waals surface area contributed by atoms with Gasteiger partial charge in [-0.2, -0.15) is 0 Å². The molecule has 1 N–H and O–H groups in total. The molecule has 2 rings (SSSR count). The highest BCUT2D eigenvalue weighted by Crippen LogP contribution is 2.18. The van der Waals surface area contributed by atoms with Crippen LogP contribution < -0.4 is 5.32 Å². The quantitative estimate of drug-likeness (QED) is 0.623. The van der Waals surface area contributed by atoms with Gasteiger partial charge >= 0.3 is 0 Å². The summed E-state index contributed by atoms with van der Waals surface area (Å²) >= 11 is 0. The van der Waals surface area contributed by atoms with Crippen LogP contribution >= 0.6 is 0 Å². The highest BCUT2D eigenvalue weighted by atomic mass is 16.5. The summed E-state index contributed by atoms with van der Waals surface area (Å²) in [6, 6.07) is 0.719. The van der Waals surface area contributed by atoms with Crippen LogP contribution in [-0.2, 0) is 17.8 Å². The van der Waals surface area contributed by atoms with E-state index in [-0.39, 0.29) is 0 Å². The number of unbranched alkanes of at least 4 members (excludes halogenated alkanes) is 3. The Morgan fingerprint density at radius 2 is 2.21 bits per heavy atom. The third-order valence-electron chi connectivity index (χ3n) is 3.34. The largest absolute Gasteiger partial charge is 0.380 e. The standard InChI is InChI=1S/C14H26N4O/c1-2-3-4-5-9-19-10-8-18-12-14(16-17-18)11-15-13-6-7-13/h12-13,15H,2-11H2,1H3. The Kier molecular flexibility index (Phi) is 6.30. The lowest BCUT2D eigenvalue weighted by Gasteiger charge is -2.03. The van der Waals surface area contributed by atoms with Crippen molar-refractivity contribution in [3.63, 3.8) is 0 Å². The van der Waals surface area contributed by atoms with E-state index in [1.54, 1.807) is 0 Å². The van der Waals surface area contributed by atoms with Gasteiger partial charge < -0.3 is 10.1 Å². The first-order chi connectivity index (χ1) is 9.38. The van der Waals surface area contributed by atoms with E-state index in [0.29, 0.717) is 0 Å². The van der Waals surface area contributed by atoms with Crippen LogP contribution in [0.5, 0.6) is 0 Å². The molecule has 1 heterocycles. The molecule has 1 aliphatic rings. The van der Waals surface area contributed by atoms with Crippen molar-refractivity contribution in [1.29, 1.82) is 0 Å². The number of nitrogens with one attached hydrogen (secondary N) is 1. The van der Waals surface area contributed by atoms with E-state index in [1.807, 2.05) is 10.9 Å². The fourth-order valence-corrected chi connectivity index (χ4v) is 1.96. The minimum absolute atomic E-state index is 0.719. The van der Waals surface area contributed by atoms with Gasteiger partial charge in [-0.15, -0.1) is 5.10 Å². The molecule has 0 unspecified atom stereocenters. The minimum atomic E-state index is 0.719. The fraction of sp³-hybridized carbons (Fsp3) is 0.857. The van der Waals surface area contributed by atoms with Gasteiger partial charge in [0.2, 0.25) is 0 Å². The van der Waals surface area contributed by atoms with E-state index >= 15 is 0 Å². The van der Waals surface area contributed by atoms with Crippen LogP contribution in [0.25, 0.3) is 0 Å². The Balaban J connectivity index is 1.50. The molecule has 0 amide bonds. The maximum Gasteiger partial charge on any atom is 0.0964 e. The van der Waals surface area contributed by atoms with Crippen molar-refractivity contribution in [1.82, 2.24) is 20.3 Å². The van der Waals surface area contributed by atoms with Gasteiger partial charge in [-0.3, -0.25) is 0 Å². The zero-order chi connectivity index (χ0) is 13.3. The highest BCUT2D eigenvalue weighted by molar-refractivity contribution is 4.94. The van der Waals surface area contributed by atoms with E-state index in [4.69, 9.17) is 4.74 Å². The number of hydrogen-bond donors (Lipinski definition) is 1. The van der Waals surface area contributed by atoms with Crippen LogP contribution in [-0.4, -0.2) is 34.2 Å². The van der Waals surface area contributed by atoms with Gasteiger partial charge in [-0.1, -0.05) is 31.4 Å². The van der Waals surface area contributed by atoms with Crippen LogP contribution in [0.15, 0.2) is 6.20 Å². The molecule has 0 aromatic carbocycles. The Bertz CT molecular complexity index is 349. The fourth-order valence-electron chi connectivity index (χ4n) is 1.96. The van der Waals surface area contributed by atoms with Crippen molar-refractivity contribution in [2.45, 2.75) is 64.6 Å². The number of hydrogen-bond acceptors (Lipinski definition) is 4. The predicted octanol–water partition coefficient (Wildman–Crippen LogP) is 2.13. The number of nitrogens with zero attached hydrogens (tertiary/aromatic N) is 3. The molecule has 5 heteroatoms. The van der Waals surface area contributed by atoms with Gasteiger partial charge in [0, 0.05) is 25.4 Å². The monoisotopic (exact) mass is 266 g/mol. The second-order valence-corrected chi connectivity index (χ2v) is 5.30. The van der Waals surface area contributed by atoms with Crippen molar-refractivity contribution in [3.8, 4) is 0 Å². The molecule has 0 aliphatic heterocycles. The Morgan fingerprint density at radius 3 is 3.00 bits per heavy atom. The molecule has 108 valence electrons. The van der Waals surface area contributed by atoms with Gasteiger partial charge in [-0.25, -0.2) is 4.68 Å². The van der Waals surface area contributed by atoms with Crippen molar-refractivity contribution >= 4 is 0 Å². The van der Waals surface area contributed by atoms with Crippen LogP contribution in [0.1, 0.15) is 51.1 Å². The first-order valence-corrected chi connectivity index (χ1v) is 7.58. The van der Waals surface area contributed by atoms with Gasteiger partial charge in [0.15, 0.2) is 0 Å². The van der Waals surface area contributed by atoms with E-state index in [9.17, 15) is 0 Å². The summed E-state index contributed by atoms with van der Waals surface area (Å²) in [4.78, 5) is 0. The molecule has 0 radical (unpaired) electrons. The normalized spacial score (nSPS) is 15.0. The third kappa shape index (κ3) is 6.16. The molecule has 5 nitrogen and oxygen atoms in total. The van der Waals surface area contributed by atoms with Gasteiger partial charge in [-0.05, 0) is 19.3 Å². The molecule has 1 fully saturated rings. The van der Waals surface area contributed by atoms with E-state index < -0.39 is 0 Å². The topological polar surface area (TPSA) is 52.0 Å². The lowest BCUT2D eigenvalue weighted by atomic mass is 10.2. The van der Waals surface area contributed by atoms with E-state index in [0.717, 1.165) is 38.0 Å². The summed E-state index contributed by atoms with van der Waals surface area (Å²) < 4.78 is 7.47. The molecule has 19 heavy (non-hydrogen) atoms. The summed E-state index contributed by atoms with van der Waals surface area (Å²) in [6.45, 7) is 5.45. The summed E-state index contributed by atoms with van der Waals surface area (Å²) in [7, 11) is 0. The summed E-state index contributed by atoms with van der Waals surface area (Å²) in [5, 5.41) is 11.7. The van der Waals surface area contributed by atoms with E-state index in [1.165, 1.54) is 38.5 Å². The molecule has 0 spiro atoms. The van der Waals surface area contributed by atoms with E-state index in [2.05, 4.69) is 22.6 Å². The Labute approximate surface area is 115 Å². The van der Waals surface area contributed by atoms with Crippen molar-refractivity contribution in [3.05, 3.63) is 11.9 Å². The SMILES string of the molecule is CCCCCCOCCn1cc(CNC2CC2)nn1. The van der Waals surface area contributed by atoms with Gasteiger partial charge in [0.05, 0.1) is 18.8 Å². The van der Waals surface area contributed by atoms with Gasteiger partial charge in [0.25, 0.3) is 0 Å². The lowest BCUT2D eigenvalue weighted by molar-refractivity contribution is 0.119. The summed E-state index contributed by atoms with van der Waals surface area (Å²) in [5.74, 6) is 0. The van der Waals surface area contributed by atoms with Crippen LogP contribution in [0.4, 0.5) is 0 Å². The van der Waals surface area contributed by atoms with Crippen molar-refractivity contribution in [2.24, 2.45) is 0 Å². The summed E-state index contributed by atoms with van der Waals surface area (Å²) in [6.07, 6.45) is 9.65. The molecule has 1 aliphatic carbocycles. The average molecular weight is 266 g/mol. The highest BCUT2D eigenvalue weighted by Gasteiger charge is 2.20. The third-order valence-corrected chi connectivity index (χ3v) is 3.34. The zero-order valence-corrected chi connectivity index (χ0v) is 12.0. The molecule has 1 saturated carbocycles. The molecule has 1 aromatic rings. The Hall–Kier alpha value is -0.940. The number of aromatic nitrogens is 3. The van der Waals surface area contributed by atoms with Crippen LogP contribution in [0.3, 0.4) is 0 Å². The smallest absolute Gasteiger partial charge is 0.0964 e. The molecule has 0 bridgehead atoms. The molecule has 0 saturated heterocycles.